The molecule has 22 rings (SSSR count). The molecule has 8 N–H and O–H groups in total. The Kier molecular flexibility index (Phi) is 24.6. The second kappa shape index (κ2) is 37.8. The van der Waals surface area contributed by atoms with Crippen molar-refractivity contribution in [3.8, 4) is 23.0 Å². The number of aromatic amines is 5. The predicted octanol–water partition coefficient (Wildman–Crippen LogP) is 14.6. The zero-order chi connectivity index (χ0) is 86.1. The number of hydrogen-bond acceptors (Lipinski definition) is 26. The number of ether oxygens (including phenoxy) is 4. The fourth-order valence-corrected chi connectivity index (χ4v) is 17.8. The van der Waals surface area contributed by atoms with Gasteiger partial charge in [-0.3, -0.25) is 20.4 Å². The van der Waals surface area contributed by atoms with Gasteiger partial charge in [0.1, 0.15) is 46.3 Å². The maximum atomic E-state index is 6.28. The first-order valence-corrected chi connectivity index (χ1v) is 44.2. The van der Waals surface area contributed by atoms with Gasteiger partial charge in [-0.05, 0) is 152 Å². The third-order valence-electron chi connectivity index (χ3n) is 24.6. The van der Waals surface area contributed by atoms with Gasteiger partial charge in [0.15, 0.2) is 22.6 Å². The van der Waals surface area contributed by atoms with Crippen LogP contribution in [-0.2, 0) is 64.8 Å². The van der Waals surface area contributed by atoms with Crippen molar-refractivity contribution >= 4 is 119 Å². The number of piperazine rings is 1. The lowest BCUT2D eigenvalue weighted by Crippen LogP contribution is -2.47. The van der Waals surface area contributed by atoms with Crippen LogP contribution < -0.4 is 64.3 Å². The molecular formula is C95H104ClN27O4. The maximum absolute atomic E-state index is 6.28. The van der Waals surface area contributed by atoms with Gasteiger partial charge in [0.05, 0.1) is 72.8 Å². The molecule has 0 radical (unpaired) electrons. The number of methoxy groups -OCH3 is 4. The minimum atomic E-state index is 0.539. The van der Waals surface area contributed by atoms with Crippen molar-refractivity contribution in [1.29, 1.82) is 0 Å². The number of likely N-dealkylation sites (tertiary alicyclic amines) is 1. The number of fused-ring (bicyclic) bond motifs is 1. The summed E-state index contributed by atoms with van der Waals surface area (Å²) in [5, 5.41) is 46.7. The lowest BCUT2D eigenvalue weighted by molar-refractivity contribution is 0.237. The molecule has 2 fully saturated rings. The summed E-state index contributed by atoms with van der Waals surface area (Å²) in [6.45, 7) is 18.0. The molecule has 0 atom stereocenters. The van der Waals surface area contributed by atoms with E-state index in [-0.39, 0.29) is 0 Å². The van der Waals surface area contributed by atoms with E-state index in [1.165, 1.54) is 82.3 Å². The lowest BCUT2D eigenvalue weighted by atomic mass is 10.1. The van der Waals surface area contributed by atoms with Gasteiger partial charge >= 0.3 is 0 Å². The average Bonchev–Trinajstić information content (AvgIpc) is 1.66. The van der Waals surface area contributed by atoms with Gasteiger partial charge in [0.25, 0.3) is 0 Å². The normalized spacial score (nSPS) is 14.6. The average molecular weight is 1720 g/mol. The molecule has 7 aromatic carbocycles. The van der Waals surface area contributed by atoms with Gasteiger partial charge in [0, 0.05) is 158 Å². The Morgan fingerprint density at radius 2 is 0.795 bits per heavy atom. The number of halogens is 1. The number of piperidine rings is 1. The summed E-state index contributed by atoms with van der Waals surface area (Å²) in [4.78, 5) is 58.3. The van der Waals surface area contributed by atoms with E-state index < -0.39 is 0 Å². The highest BCUT2D eigenvalue weighted by molar-refractivity contribution is 6.31. The highest BCUT2D eigenvalue weighted by atomic mass is 35.5. The minimum absolute atomic E-state index is 0.539. The molecule has 0 aliphatic carbocycles. The van der Waals surface area contributed by atoms with Gasteiger partial charge in [-0.15, -0.1) is 0 Å². The highest BCUT2D eigenvalue weighted by Crippen LogP contribution is 2.39. The zero-order valence-electron chi connectivity index (χ0n) is 72.1. The van der Waals surface area contributed by atoms with Gasteiger partial charge < -0.3 is 74.2 Å². The van der Waals surface area contributed by atoms with Crippen LogP contribution in [-0.4, -0.2) is 204 Å². The Labute approximate surface area is 740 Å². The third kappa shape index (κ3) is 18.6. The van der Waals surface area contributed by atoms with E-state index in [0.717, 1.165) is 249 Å². The summed E-state index contributed by atoms with van der Waals surface area (Å²) in [5.41, 5.74) is 18.2. The van der Waals surface area contributed by atoms with Gasteiger partial charge in [0.2, 0.25) is 23.8 Å². The first-order valence-electron chi connectivity index (χ1n) is 43.8. The van der Waals surface area contributed by atoms with E-state index >= 15 is 0 Å². The fourth-order valence-electron chi connectivity index (χ4n) is 17.6. The summed E-state index contributed by atoms with van der Waals surface area (Å²) < 4.78 is 21.1. The van der Waals surface area contributed by atoms with Crippen molar-refractivity contribution in [2.45, 2.75) is 91.0 Å². The molecule has 6 aliphatic heterocycles. The second-order valence-corrected chi connectivity index (χ2v) is 33.2. The Balaban J connectivity index is 0.000000111. The number of nitrogens with zero attached hydrogens (tertiary/aromatic N) is 19. The topological polar surface area (TPSA) is 329 Å². The summed E-state index contributed by atoms with van der Waals surface area (Å²) in [6, 6.07) is 57.6. The van der Waals surface area contributed by atoms with Crippen LogP contribution in [0.3, 0.4) is 0 Å². The standard InChI is InChI=1S/C26H27N7O.C25H27N7O.C22H21ClN6O.C22H29N7O/c1-16-3-8-21-20(13-16)18(14-28-21)9-11-27-26-29-24-23-22(31-32-24)10-12-33(25(23)30-26)15-17-4-6-19(34-2)7-5-17;1-33-20-9-7-18(8-10-20)17-32-12-11-21-22-23(29-28-21)26-25(27-24(22)32)31-15-13-30(14-16-31)19-5-3-2-4-6-19;1-30-16-8-6-14(7-9-16)13-29-11-10-18-19-20(28-27-18)25-22(26-21(19)29)24-12-15-4-2-3-5-17(15)23;1-30-17-7-5-16(6-8-17)15-29-13-9-18-19-20(27-26-18)24-22(25-21(19)29)23-10-14-28-11-3-2-4-12-28/h3-8,13-14,28H,9-12,15H2,1-2H3,(H2,27,29,30,31,32);2-10H,11-17H2,1H3,(H,26,27,28,29);2-9H,10-13H2,1H3,(H2,24,25,26,27,28);5-8H,2-4,9-15H2,1H3,(H2,23,24,25,26,27). The maximum Gasteiger partial charge on any atom is 0.229 e. The number of aromatic nitrogens is 17. The summed E-state index contributed by atoms with van der Waals surface area (Å²) in [6.07, 6.45) is 10.6. The first kappa shape index (κ1) is 82.5. The first-order chi connectivity index (χ1) is 62.5. The summed E-state index contributed by atoms with van der Waals surface area (Å²) in [5.74, 6) is 9.81. The number of nitrogens with one attached hydrogen (secondary N) is 8. The van der Waals surface area contributed by atoms with Crippen LogP contribution in [0.1, 0.15) is 81.0 Å². The van der Waals surface area contributed by atoms with Crippen molar-refractivity contribution in [3.63, 3.8) is 0 Å². The van der Waals surface area contributed by atoms with Crippen LogP contribution >= 0.6 is 11.6 Å². The van der Waals surface area contributed by atoms with Crippen LogP contribution in [0.4, 0.5) is 52.8 Å². The van der Waals surface area contributed by atoms with Crippen LogP contribution in [0.15, 0.2) is 176 Å². The van der Waals surface area contributed by atoms with E-state index in [4.69, 9.17) is 55.5 Å². The molecule has 0 spiro atoms. The summed E-state index contributed by atoms with van der Waals surface area (Å²) >= 11 is 6.28. The quantitative estimate of drug-likeness (QED) is 0.0263. The molecule has 16 aromatic rings. The number of rotatable bonds is 25. The highest BCUT2D eigenvalue weighted by Gasteiger charge is 2.32. The molecule has 15 heterocycles. The molecule has 127 heavy (non-hydrogen) atoms. The van der Waals surface area contributed by atoms with Crippen molar-refractivity contribution in [3.05, 3.63) is 243 Å². The third-order valence-corrected chi connectivity index (χ3v) is 24.9. The van der Waals surface area contributed by atoms with E-state index in [9.17, 15) is 0 Å². The summed E-state index contributed by atoms with van der Waals surface area (Å²) in [7, 11) is 6.75. The molecule has 9 aromatic heterocycles. The SMILES string of the molecule is COc1ccc(CN2CCc3[nH]nc4nc(N5CCN(c6ccccc6)CC5)nc2c34)cc1.COc1ccc(CN2CCc3[nH]nc4nc(NCCN5CCCCC5)nc2c34)cc1.COc1ccc(CN2CCc3[nH]nc4nc(NCCc5c[nH]c6ccc(C)cc56)nc2c34)cc1.COc1ccc(CN2CCc3[nH]nc4nc(NCc5ccccc5Cl)nc2c34)cc1. The molecule has 31 nitrogen and oxygen atoms in total. The van der Waals surface area contributed by atoms with Crippen molar-refractivity contribution in [2.75, 3.05) is 159 Å². The number of para-hydroxylation sites is 1. The van der Waals surface area contributed by atoms with E-state index in [0.29, 0.717) is 35.7 Å². The van der Waals surface area contributed by atoms with Crippen LogP contribution in [0, 0.1) is 6.92 Å². The predicted molar refractivity (Wildman–Crippen MR) is 501 cm³/mol. The molecule has 32 heteroatoms. The Morgan fingerprint density at radius 3 is 1.24 bits per heavy atom. The van der Waals surface area contributed by atoms with Gasteiger partial charge in [-0.1, -0.05) is 115 Å². The second-order valence-electron chi connectivity index (χ2n) is 32.8. The van der Waals surface area contributed by atoms with E-state index in [2.05, 4.69) is 221 Å². The van der Waals surface area contributed by atoms with E-state index in [1.807, 2.05) is 72.8 Å². The van der Waals surface area contributed by atoms with Crippen LogP contribution in [0.25, 0.3) is 55.0 Å². The van der Waals surface area contributed by atoms with Crippen molar-refractivity contribution < 1.29 is 18.9 Å². The largest absolute Gasteiger partial charge is 0.497 e. The zero-order valence-corrected chi connectivity index (χ0v) is 72.9. The molecule has 2 saturated heterocycles. The number of H-pyrrole nitrogens is 5. The molecule has 0 bridgehead atoms. The Hall–Kier alpha value is -14.1. The fraction of sp³-hybridized carbons (Fsp3) is 0.326. The molecular weight excluding hydrogens is 1620 g/mol. The number of hydrogen-bond donors (Lipinski definition) is 8. The lowest BCUT2D eigenvalue weighted by Gasteiger charge is -2.36. The number of aryl methyl sites for hydroxylation is 1. The van der Waals surface area contributed by atoms with Crippen molar-refractivity contribution in [2.24, 2.45) is 0 Å². The van der Waals surface area contributed by atoms with E-state index in [1.54, 1.807) is 28.4 Å². The minimum Gasteiger partial charge on any atom is -0.497 e. The number of benzene rings is 7. The van der Waals surface area contributed by atoms with Crippen LogP contribution in [0.2, 0.25) is 5.02 Å². The van der Waals surface area contributed by atoms with Crippen LogP contribution in [0.5, 0.6) is 23.0 Å². The molecule has 650 valence electrons. The van der Waals surface area contributed by atoms with Gasteiger partial charge in [-0.2, -0.15) is 60.3 Å². The molecule has 0 amide bonds. The number of anilines is 9. The molecule has 0 unspecified atom stereocenters. The Morgan fingerprint density at radius 1 is 0.386 bits per heavy atom. The molecule has 6 aliphatic rings. The molecule has 0 saturated carbocycles. The Bertz CT molecular complexity index is 6450. The van der Waals surface area contributed by atoms with Gasteiger partial charge in [-0.25, -0.2) is 0 Å². The smallest absolute Gasteiger partial charge is 0.229 e. The monoisotopic (exact) mass is 1720 g/mol. The van der Waals surface area contributed by atoms with Crippen molar-refractivity contribution in [1.82, 2.24) is 90.5 Å².